The summed E-state index contributed by atoms with van der Waals surface area (Å²) in [6.07, 6.45) is 1.77. The third kappa shape index (κ3) is 5.70. The predicted molar refractivity (Wildman–Crippen MR) is 96.2 cm³/mol. The van der Waals surface area contributed by atoms with Gasteiger partial charge in [-0.15, -0.1) is 0 Å². The number of pyridine rings is 1. The lowest BCUT2D eigenvalue weighted by atomic mass is 9.95. The average Bonchev–Trinajstić information content (AvgIpc) is 2.60. The average molecular weight is 348 g/mol. The third-order valence-corrected chi connectivity index (χ3v) is 4.03. The lowest BCUT2D eigenvalue weighted by Crippen LogP contribution is -2.48. The van der Waals surface area contributed by atoms with Crippen molar-refractivity contribution >= 4 is 17.6 Å². The van der Waals surface area contributed by atoms with Gasteiger partial charge >= 0.3 is 0 Å². The number of nitrogens with zero attached hydrogens (tertiary/aromatic N) is 2. The number of carbonyl (C=O) groups is 2. The molecule has 7 heteroatoms. The fraction of sp³-hybridized carbons (Fsp3) is 0.611. The molecule has 1 atom stereocenters. The molecule has 7 nitrogen and oxygen atoms in total. The van der Waals surface area contributed by atoms with Crippen molar-refractivity contribution in [3.05, 3.63) is 23.9 Å². The van der Waals surface area contributed by atoms with Gasteiger partial charge < -0.3 is 20.3 Å². The van der Waals surface area contributed by atoms with Crippen molar-refractivity contribution in [1.29, 1.82) is 0 Å². The van der Waals surface area contributed by atoms with Crippen LogP contribution in [0, 0.1) is 5.41 Å². The number of hydrogen-bond donors (Lipinski definition) is 2. The second kappa shape index (κ2) is 8.29. The third-order valence-electron chi connectivity index (χ3n) is 4.03. The number of rotatable bonds is 5. The molecule has 0 unspecified atom stereocenters. The molecule has 2 heterocycles. The van der Waals surface area contributed by atoms with Gasteiger partial charge in [-0.1, -0.05) is 26.8 Å². The highest BCUT2D eigenvalue weighted by Gasteiger charge is 2.24. The van der Waals surface area contributed by atoms with Crippen LogP contribution in [0.4, 0.5) is 5.82 Å². The molecule has 0 spiro atoms. The van der Waals surface area contributed by atoms with E-state index in [2.05, 4.69) is 20.5 Å². The Morgan fingerprint density at radius 3 is 2.52 bits per heavy atom. The largest absolute Gasteiger partial charge is 0.378 e. The van der Waals surface area contributed by atoms with Crippen molar-refractivity contribution in [3.63, 3.8) is 0 Å². The number of nitrogens with one attached hydrogen (secondary N) is 2. The molecular formula is C18H28N4O3. The summed E-state index contributed by atoms with van der Waals surface area (Å²) in [6.45, 7) is 10.6. The quantitative estimate of drug-likeness (QED) is 0.832. The Labute approximate surface area is 149 Å². The fourth-order valence-electron chi connectivity index (χ4n) is 2.32. The Hall–Kier alpha value is -2.15. The van der Waals surface area contributed by atoms with Crippen LogP contribution in [0.5, 0.6) is 0 Å². The lowest BCUT2D eigenvalue weighted by Gasteiger charge is -2.27. The Morgan fingerprint density at radius 1 is 1.28 bits per heavy atom. The van der Waals surface area contributed by atoms with Crippen LogP contribution in [0.2, 0.25) is 0 Å². The zero-order valence-electron chi connectivity index (χ0n) is 15.5. The van der Waals surface area contributed by atoms with Gasteiger partial charge in [-0.3, -0.25) is 9.59 Å². The Bertz CT molecular complexity index is 589. The van der Waals surface area contributed by atoms with Crippen molar-refractivity contribution in [1.82, 2.24) is 15.6 Å². The van der Waals surface area contributed by atoms with E-state index < -0.39 is 11.5 Å². The summed E-state index contributed by atoms with van der Waals surface area (Å²) in [5, 5.41) is 5.55. The molecule has 1 aliphatic heterocycles. The van der Waals surface area contributed by atoms with Gasteiger partial charge in [0.1, 0.15) is 11.9 Å². The van der Waals surface area contributed by atoms with Crippen molar-refractivity contribution in [2.24, 2.45) is 5.41 Å². The SMILES string of the molecule is C[C@@H](NC(=O)C(C)(C)C)C(=O)NCc1ccc(N2CCOCC2)nc1. The standard InChI is InChI=1S/C18H28N4O3/c1-13(21-17(24)18(2,3)4)16(23)20-12-14-5-6-15(19-11-14)22-7-9-25-10-8-22/h5-6,11,13H,7-10,12H2,1-4H3,(H,20,23)(H,21,24)/t13-/m1/s1. The normalized spacial score (nSPS) is 16.2. The van der Waals surface area contributed by atoms with Crippen molar-refractivity contribution < 1.29 is 14.3 Å². The monoisotopic (exact) mass is 348 g/mol. The Kier molecular flexibility index (Phi) is 6.36. The zero-order chi connectivity index (χ0) is 18.4. The minimum absolute atomic E-state index is 0.147. The summed E-state index contributed by atoms with van der Waals surface area (Å²) in [6, 6.07) is 3.33. The second-order valence-corrected chi connectivity index (χ2v) is 7.29. The number of hydrogen-bond acceptors (Lipinski definition) is 5. The topological polar surface area (TPSA) is 83.6 Å². The van der Waals surface area contributed by atoms with E-state index in [-0.39, 0.29) is 11.8 Å². The van der Waals surface area contributed by atoms with Gasteiger partial charge in [0.15, 0.2) is 0 Å². The van der Waals surface area contributed by atoms with Crippen LogP contribution >= 0.6 is 0 Å². The van der Waals surface area contributed by atoms with Crippen LogP contribution in [0.15, 0.2) is 18.3 Å². The highest BCUT2D eigenvalue weighted by molar-refractivity contribution is 5.89. The first-order valence-electron chi connectivity index (χ1n) is 8.63. The first kappa shape index (κ1) is 19.2. The van der Waals surface area contributed by atoms with Gasteiger partial charge in [-0.2, -0.15) is 0 Å². The minimum Gasteiger partial charge on any atom is -0.378 e. The molecule has 1 aromatic heterocycles. The van der Waals surface area contributed by atoms with E-state index in [9.17, 15) is 9.59 Å². The van der Waals surface area contributed by atoms with Crippen LogP contribution in [0.25, 0.3) is 0 Å². The van der Waals surface area contributed by atoms with Crippen LogP contribution in [0.1, 0.15) is 33.3 Å². The summed E-state index contributed by atoms with van der Waals surface area (Å²) in [5.41, 5.74) is 0.396. The lowest BCUT2D eigenvalue weighted by molar-refractivity contribution is -0.133. The number of amides is 2. The van der Waals surface area contributed by atoms with Crippen LogP contribution in [-0.2, 0) is 20.9 Å². The minimum atomic E-state index is -0.577. The van der Waals surface area contributed by atoms with Gasteiger partial charge in [-0.25, -0.2) is 4.98 Å². The molecule has 2 amide bonds. The van der Waals surface area contributed by atoms with Gasteiger partial charge in [0, 0.05) is 31.2 Å². The fourth-order valence-corrected chi connectivity index (χ4v) is 2.32. The molecule has 2 N–H and O–H groups in total. The van der Waals surface area contributed by atoms with E-state index in [1.807, 2.05) is 32.9 Å². The van der Waals surface area contributed by atoms with E-state index >= 15 is 0 Å². The first-order valence-corrected chi connectivity index (χ1v) is 8.63. The number of ether oxygens (including phenoxy) is 1. The summed E-state index contributed by atoms with van der Waals surface area (Å²) in [7, 11) is 0. The molecule has 25 heavy (non-hydrogen) atoms. The maximum atomic E-state index is 12.1. The van der Waals surface area contributed by atoms with Gasteiger partial charge in [0.25, 0.3) is 0 Å². The predicted octanol–water partition coefficient (Wildman–Crippen LogP) is 1.09. The number of morpholine rings is 1. The molecule has 1 aliphatic rings. The summed E-state index contributed by atoms with van der Waals surface area (Å²) < 4.78 is 5.33. The van der Waals surface area contributed by atoms with Crippen LogP contribution < -0.4 is 15.5 Å². The molecule has 1 saturated heterocycles. The van der Waals surface area contributed by atoms with Crippen molar-refractivity contribution in [2.45, 2.75) is 40.3 Å². The molecule has 0 radical (unpaired) electrons. The van der Waals surface area contributed by atoms with Crippen molar-refractivity contribution in [2.75, 3.05) is 31.2 Å². The maximum Gasteiger partial charge on any atom is 0.242 e. The van der Waals surface area contributed by atoms with Crippen LogP contribution in [-0.4, -0.2) is 49.1 Å². The summed E-state index contributed by atoms with van der Waals surface area (Å²) >= 11 is 0. The second-order valence-electron chi connectivity index (χ2n) is 7.29. The van der Waals surface area contributed by atoms with E-state index in [0.717, 1.165) is 37.7 Å². The smallest absolute Gasteiger partial charge is 0.242 e. The maximum absolute atomic E-state index is 12.1. The summed E-state index contributed by atoms with van der Waals surface area (Å²) in [4.78, 5) is 30.7. The number of anilines is 1. The van der Waals surface area contributed by atoms with E-state index in [0.29, 0.717) is 6.54 Å². The molecule has 2 rings (SSSR count). The van der Waals surface area contributed by atoms with Gasteiger partial charge in [0.2, 0.25) is 11.8 Å². The molecule has 0 bridgehead atoms. The molecular weight excluding hydrogens is 320 g/mol. The highest BCUT2D eigenvalue weighted by Crippen LogP contribution is 2.14. The van der Waals surface area contributed by atoms with E-state index in [1.54, 1.807) is 13.1 Å². The molecule has 138 valence electrons. The molecule has 0 aliphatic carbocycles. The van der Waals surface area contributed by atoms with E-state index in [1.165, 1.54) is 0 Å². The summed E-state index contributed by atoms with van der Waals surface area (Å²) in [5.74, 6) is 0.561. The molecule has 0 aromatic carbocycles. The number of aromatic nitrogens is 1. The van der Waals surface area contributed by atoms with Gasteiger partial charge in [-0.05, 0) is 18.6 Å². The molecule has 1 aromatic rings. The number of carbonyl (C=O) groups excluding carboxylic acids is 2. The van der Waals surface area contributed by atoms with Gasteiger partial charge in [0.05, 0.1) is 13.2 Å². The highest BCUT2D eigenvalue weighted by atomic mass is 16.5. The molecule has 1 fully saturated rings. The Balaban J connectivity index is 1.82. The van der Waals surface area contributed by atoms with Crippen LogP contribution in [0.3, 0.4) is 0 Å². The first-order chi connectivity index (χ1) is 11.8. The Morgan fingerprint density at radius 2 is 1.96 bits per heavy atom. The zero-order valence-corrected chi connectivity index (χ0v) is 15.5. The molecule has 0 saturated carbocycles. The van der Waals surface area contributed by atoms with E-state index in [4.69, 9.17) is 4.74 Å². The van der Waals surface area contributed by atoms with Crippen molar-refractivity contribution in [3.8, 4) is 0 Å².